The first-order chi connectivity index (χ1) is 2.27. The van der Waals surface area contributed by atoms with Gasteiger partial charge >= 0.3 is 41.3 Å². The molecule has 1 radical (unpaired) electrons. The Bertz CT molecular complexity index is 17.6. The molecule has 0 aliphatic rings. The fourth-order valence-corrected chi connectivity index (χ4v) is 0. The van der Waals surface area contributed by atoms with E-state index in [1.165, 1.54) is 5.28 Å². The van der Waals surface area contributed by atoms with Gasteiger partial charge in [-0.25, -0.2) is 0 Å². The topological polar surface area (TPSA) is 0 Å². The van der Waals surface area contributed by atoms with Crippen LogP contribution in [0.15, 0.2) is 0 Å². The Hall–Kier alpha value is 0.532. The predicted molar refractivity (Wildman–Crippen MR) is 25.4 cm³/mol. The normalized spacial score (nSPS) is 9.20. The fourth-order valence-electron chi connectivity index (χ4n) is 0. The Labute approximate surface area is 42.0 Å². The van der Waals surface area contributed by atoms with E-state index in [4.69, 9.17) is 0 Å². The summed E-state index contributed by atoms with van der Waals surface area (Å²) in [5.74, 6) is 0.847. The molecule has 0 nitrogen and oxygen atoms in total. The summed E-state index contributed by atoms with van der Waals surface area (Å²) in [4.78, 5) is 0. The van der Waals surface area contributed by atoms with Gasteiger partial charge in [-0.05, 0) is 0 Å². The Morgan fingerprint density at radius 1 is 1.60 bits per heavy atom. The molecule has 0 aromatic rings. The molecule has 0 atom stereocenters. The van der Waals surface area contributed by atoms with E-state index in [0.717, 1.165) is 5.92 Å². The first-order valence-corrected chi connectivity index (χ1v) is 2.79. The minimum atomic E-state index is 0.847. The van der Waals surface area contributed by atoms with Crippen LogP contribution in [0.2, 0.25) is 5.28 Å². The van der Waals surface area contributed by atoms with Gasteiger partial charge in [-0.2, -0.15) is 0 Å². The molecule has 0 fully saturated rings. The maximum atomic E-state index is 2.69. The maximum absolute atomic E-state index is 2.69. The van der Waals surface area contributed by atoms with Gasteiger partial charge in [-0.15, -0.1) is 0 Å². The molecule has 0 aliphatic carbocycles. The molecule has 0 heterocycles. The molecule has 0 unspecified atom stereocenters. The van der Waals surface area contributed by atoms with E-state index >= 15 is 0 Å². The third-order valence-electron chi connectivity index (χ3n) is 0.471. The number of hydrogen-bond donors (Lipinski definition) is 0. The quantitative estimate of drug-likeness (QED) is 0.419. The van der Waals surface area contributed by atoms with Crippen molar-refractivity contribution in [1.82, 2.24) is 0 Å². The van der Waals surface area contributed by atoms with Crippen LogP contribution in [-0.4, -0.2) is 16.3 Å². The molecule has 27 valence electrons. The van der Waals surface area contributed by atoms with Crippen molar-refractivity contribution in [3.8, 4) is 0 Å². The van der Waals surface area contributed by atoms with Crippen molar-refractivity contribution >= 4 is 16.3 Å². The van der Waals surface area contributed by atoms with Crippen LogP contribution in [0.1, 0.15) is 13.8 Å². The van der Waals surface area contributed by atoms with Crippen molar-refractivity contribution in [2.75, 3.05) is 0 Å². The van der Waals surface area contributed by atoms with Crippen LogP contribution in [0.5, 0.6) is 0 Å². The van der Waals surface area contributed by atoms with Gasteiger partial charge in [-0.3, -0.25) is 0 Å². The average Bonchev–Trinajstić information content (AvgIpc) is 1.38. The second-order valence-electron chi connectivity index (χ2n) is 1.63. The molecule has 0 saturated heterocycles. The van der Waals surface area contributed by atoms with Gasteiger partial charge in [0, 0.05) is 0 Å². The zero-order valence-electron chi connectivity index (χ0n) is 3.86. The molecular weight excluding hydrogens is 75.0 g/mol. The summed E-state index contributed by atoms with van der Waals surface area (Å²) < 4.78 is 0. The van der Waals surface area contributed by atoms with Gasteiger partial charge < -0.3 is 0 Å². The third kappa shape index (κ3) is 4.53. The Balaban J connectivity index is 2.54. The van der Waals surface area contributed by atoms with Gasteiger partial charge in [0.25, 0.3) is 0 Å². The molecule has 1 heteroatoms. The summed E-state index contributed by atoms with van der Waals surface area (Å²) in [6.07, 6.45) is 0. The van der Waals surface area contributed by atoms with Gasteiger partial charge in [0.2, 0.25) is 0 Å². The van der Waals surface area contributed by atoms with Crippen LogP contribution in [0.3, 0.4) is 0 Å². The average molecular weight is 84.1 g/mol. The van der Waals surface area contributed by atoms with E-state index < -0.39 is 0 Å². The van der Waals surface area contributed by atoms with E-state index in [9.17, 15) is 0 Å². The second-order valence-corrected chi connectivity index (χ2v) is 2.10. The predicted octanol–water partition coefficient (Wildman–Crippen LogP) is 1.23. The fraction of sp³-hybridized carbons (Fsp3) is 1.00. The van der Waals surface area contributed by atoms with Gasteiger partial charge in [0.15, 0.2) is 0 Å². The van der Waals surface area contributed by atoms with E-state index in [1.807, 2.05) is 0 Å². The molecule has 0 saturated carbocycles. The number of rotatable bonds is 1. The summed E-state index contributed by atoms with van der Waals surface area (Å²) in [5.41, 5.74) is 0. The van der Waals surface area contributed by atoms with Gasteiger partial charge in [0.1, 0.15) is 0 Å². The van der Waals surface area contributed by atoms with Crippen LogP contribution >= 0.6 is 0 Å². The molecule has 0 rings (SSSR count). The SMILES string of the molecule is CC(C)[CH2][Al+]. The minimum absolute atomic E-state index is 0.847. The van der Waals surface area contributed by atoms with Crippen molar-refractivity contribution in [2.45, 2.75) is 19.1 Å². The summed E-state index contributed by atoms with van der Waals surface area (Å²) in [5, 5.41) is 1.22. The zero-order chi connectivity index (χ0) is 4.28. The van der Waals surface area contributed by atoms with Crippen LogP contribution in [0.25, 0.3) is 0 Å². The monoisotopic (exact) mass is 84.1 g/mol. The van der Waals surface area contributed by atoms with E-state index in [1.54, 1.807) is 0 Å². The van der Waals surface area contributed by atoms with Gasteiger partial charge in [-0.1, -0.05) is 0 Å². The first-order valence-electron chi connectivity index (χ1n) is 1.97. The second kappa shape index (κ2) is 2.75. The van der Waals surface area contributed by atoms with Gasteiger partial charge in [0.05, 0.1) is 0 Å². The molecule has 0 amide bonds. The van der Waals surface area contributed by atoms with Crippen molar-refractivity contribution in [3.05, 3.63) is 0 Å². The number of hydrogen-bond acceptors (Lipinski definition) is 0. The zero-order valence-corrected chi connectivity index (χ0v) is 5.02. The van der Waals surface area contributed by atoms with Crippen molar-refractivity contribution in [2.24, 2.45) is 5.92 Å². The summed E-state index contributed by atoms with van der Waals surface area (Å²) in [6, 6.07) is 0. The molecule has 0 aromatic heterocycles. The summed E-state index contributed by atoms with van der Waals surface area (Å²) in [6.45, 7) is 4.40. The molecule has 0 N–H and O–H groups in total. The Morgan fingerprint density at radius 2 is 1.80 bits per heavy atom. The van der Waals surface area contributed by atoms with Crippen LogP contribution in [0.4, 0.5) is 0 Å². The molecule has 0 spiro atoms. The van der Waals surface area contributed by atoms with Crippen LogP contribution < -0.4 is 0 Å². The molecule has 0 bridgehead atoms. The molecule has 0 aliphatic heterocycles. The van der Waals surface area contributed by atoms with Crippen LogP contribution in [0, 0.1) is 5.92 Å². The first kappa shape index (κ1) is 5.53. The van der Waals surface area contributed by atoms with E-state index in [2.05, 4.69) is 30.1 Å². The van der Waals surface area contributed by atoms with Crippen LogP contribution in [-0.2, 0) is 0 Å². The third-order valence-corrected chi connectivity index (χ3v) is 1.41. The Kier molecular flexibility index (Phi) is 3.05. The standard InChI is InChI=1S/C4H9.Al/c1-4(2)3;/h4H,1H2,2-3H3;/q;+1. The van der Waals surface area contributed by atoms with Crippen molar-refractivity contribution in [3.63, 3.8) is 0 Å². The Morgan fingerprint density at radius 3 is 1.80 bits per heavy atom. The van der Waals surface area contributed by atoms with E-state index in [-0.39, 0.29) is 0 Å². The van der Waals surface area contributed by atoms with Crippen molar-refractivity contribution < 1.29 is 0 Å². The van der Waals surface area contributed by atoms with E-state index in [0.29, 0.717) is 0 Å². The van der Waals surface area contributed by atoms with Crippen molar-refractivity contribution in [1.29, 1.82) is 0 Å². The summed E-state index contributed by atoms with van der Waals surface area (Å²) >= 11 is 2.69. The molecule has 5 heavy (non-hydrogen) atoms. The molecule has 0 aromatic carbocycles. The summed E-state index contributed by atoms with van der Waals surface area (Å²) in [7, 11) is 0. The molecular formula is C4H9Al+.